The van der Waals surface area contributed by atoms with Crippen molar-refractivity contribution >= 4 is 45.0 Å². The second-order valence-corrected chi connectivity index (χ2v) is 25.2. The van der Waals surface area contributed by atoms with E-state index in [1.807, 2.05) is 0 Å². The first-order valence-corrected chi connectivity index (χ1v) is 20.5. The molecule has 0 unspecified atom stereocenters. The van der Waals surface area contributed by atoms with E-state index < -0.39 is 13.6 Å². The van der Waals surface area contributed by atoms with Crippen molar-refractivity contribution in [1.29, 1.82) is 0 Å². The fraction of sp³-hybridized carbons (Fsp3) is 0.273. The van der Waals surface area contributed by atoms with Crippen LogP contribution in [0.3, 0.4) is 0 Å². The van der Waals surface area contributed by atoms with Crippen LogP contribution in [0.1, 0.15) is 31.9 Å². The van der Waals surface area contributed by atoms with E-state index in [-0.39, 0.29) is 5.04 Å². The summed E-state index contributed by atoms with van der Waals surface area (Å²) in [7, 11) is -1.80. The Bertz CT molecular complexity index is 1200. The molecular formula is C33H40BrOPSi. The zero-order chi connectivity index (χ0) is 26.6. The molecule has 4 heteroatoms. The standard InChI is InChI=1S/C33H40BrOPSi/c1-33(2,3)37(4,5)35-26-25-28-17-15-16-18-29(28)27-36(34,30-19-9-6-10-20-30,31-21-11-7-12-22-31)32-23-13-8-14-24-32/h6-24H,25-27H2,1-5H3. The molecule has 194 valence electrons. The number of halogens is 1. The fourth-order valence-corrected chi connectivity index (χ4v) is 13.6. The van der Waals surface area contributed by atoms with E-state index in [0.717, 1.165) is 19.2 Å². The Balaban J connectivity index is 1.84. The Morgan fingerprint density at radius 1 is 0.622 bits per heavy atom. The van der Waals surface area contributed by atoms with E-state index in [1.165, 1.54) is 27.0 Å². The molecule has 1 nitrogen and oxygen atoms in total. The molecule has 0 saturated carbocycles. The Morgan fingerprint density at radius 3 is 1.41 bits per heavy atom. The van der Waals surface area contributed by atoms with Gasteiger partial charge in [-0.3, -0.25) is 0 Å². The van der Waals surface area contributed by atoms with Gasteiger partial charge in [0.05, 0.1) is 0 Å². The predicted octanol–water partition coefficient (Wildman–Crippen LogP) is 8.59. The second kappa shape index (κ2) is 11.0. The van der Waals surface area contributed by atoms with Crippen molar-refractivity contribution in [3.8, 4) is 0 Å². The van der Waals surface area contributed by atoms with E-state index in [0.29, 0.717) is 0 Å². The normalized spacial score (nSPS) is 13.6. The molecular weight excluding hydrogens is 551 g/mol. The molecule has 0 saturated heterocycles. The van der Waals surface area contributed by atoms with Crippen LogP contribution in [0, 0.1) is 0 Å². The first-order valence-electron chi connectivity index (χ1n) is 13.2. The summed E-state index contributed by atoms with van der Waals surface area (Å²) >= 11 is 4.62. The Morgan fingerprint density at radius 2 is 1.00 bits per heavy atom. The molecule has 0 aromatic heterocycles. The van der Waals surface area contributed by atoms with Gasteiger partial charge in [0.25, 0.3) is 0 Å². The molecule has 0 bridgehead atoms. The summed E-state index contributed by atoms with van der Waals surface area (Å²) in [5.74, 6) is 0. The van der Waals surface area contributed by atoms with Gasteiger partial charge < -0.3 is 0 Å². The van der Waals surface area contributed by atoms with Gasteiger partial charge in [-0.05, 0) is 0 Å². The molecule has 37 heavy (non-hydrogen) atoms. The Hall–Kier alpha value is -2.03. The summed E-state index contributed by atoms with van der Waals surface area (Å²) < 4.78 is 6.60. The Kier molecular flexibility index (Phi) is 8.31. The van der Waals surface area contributed by atoms with Gasteiger partial charge in [0, 0.05) is 0 Å². The third-order valence-corrected chi connectivity index (χ3v) is 22.1. The summed E-state index contributed by atoms with van der Waals surface area (Å²) in [6.45, 7) is 12.4. The van der Waals surface area contributed by atoms with Crippen molar-refractivity contribution in [3.63, 3.8) is 0 Å². The van der Waals surface area contributed by atoms with Gasteiger partial charge in [0.15, 0.2) is 0 Å². The van der Waals surface area contributed by atoms with Crippen molar-refractivity contribution < 1.29 is 4.43 Å². The fourth-order valence-electron chi connectivity index (χ4n) is 4.85. The molecule has 4 aromatic carbocycles. The van der Waals surface area contributed by atoms with Gasteiger partial charge in [-0.25, -0.2) is 0 Å². The summed E-state index contributed by atoms with van der Waals surface area (Å²) in [5, 5.41) is 1.20. The third-order valence-electron chi connectivity index (χ3n) is 8.11. The molecule has 0 aliphatic carbocycles. The summed E-state index contributed by atoms with van der Waals surface area (Å²) in [6, 6.07) is 42.1. The average molecular weight is 592 g/mol. The minimum absolute atomic E-state index is 0.210. The topological polar surface area (TPSA) is 9.23 Å². The monoisotopic (exact) mass is 590 g/mol. The summed E-state index contributed by atoms with van der Waals surface area (Å²) in [5.41, 5.74) is 2.75. The van der Waals surface area contributed by atoms with Gasteiger partial charge in [0.2, 0.25) is 0 Å². The van der Waals surface area contributed by atoms with Gasteiger partial charge in [-0.15, -0.1) is 0 Å². The van der Waals surface area contributed by atoms with Gasteiger partial charge in [0.1, 0.15) is 0 Å². The van der Waals surface area contributed by atoms with E-state index in [2.05, 4.69) is 165 Å². The number of hydrogen-bond acceptors (Lipinski definition) is 1. The van der Waals surface area contributed by atoms with Crippen LogP contribution in [0.15, 0.2) is 115 Å². The van der Waals surface area contributed by atoms with E-state index in [1.54, 1.807) is 0 Å². The van der Waals surface area contributed by atoms with E-state index in [4.69, 9.17) is 4.43 Å². The van der Waals surface area contributed by atoms with Crippen LogP contribution in [0.4, 0.5) is 0 Å². The third kappa shape index (κ3) is 5.57. The van der Waals surface area contributed by atoms with Crippen LogP contribution >= 0.6 is 20.8 Å². The van der Waals surface area contributed by atoms with Crippen molar-refractivity contribution in [3.05, 3.63) is 126 Å². The molecule has 0 N–H and O–H groups in total. The van der Waals surface area contributed by atoms with Gasteiger partial charge in [-0.1, -0.05) is 0 Å². The van der Waals surface area contributed by atoms with Gasteiger partial charge >= 0.3 is 234 Å². The SMILES string of the molecule is CC(C)(C)[Si](C)(C)OCCc1ccccc1CP(Br)(c1ccccc1)(c1ccccc1)c1ccccc1. The quantitative estimate of drug-likeness (QED) is 0.140. The molecule has 4 rings (SSSR count). The zero-order valence-electron chi connectivity index (χ0n) is 22.8. The first-order chi connectivity index (χ1) is 17.6. The van der Waals surface area contributed by atoms with Crippen molar-refractivity contribution in [2.45, 2.75) is 51.5 Å². The molecule has 0 fully saturated rings. The molecule has 0 heterocycles. The predicted molar refractivity (Wildman–Crippen MR) is 171 cm³/mol. The van der Waals surface area contributed by atoms with Crippen LogP contribution in [0.25, 0.3) is 0 Å². The minimum atomic E-state index is -3.04. The van der Waals surface area contributed by atoms with Crippen molar-refractivity contribution in [1.82, 2.24) is 0 Å². The average Bonchev–Trinajstić information content (AvgIpc) is 2.90. The summed E-state index contributed by atoms with van der Waals surface area (Å²) in [4.78, 5) is 0. The van der Waals surface area contributed by atoms with Crippen LogP contribution in [0.2, 0.25) is 18.1 Å². The first kappa shape index (κ1) is 28.0. The van der Waals surface area contributed by atoms with E-state index >= 15 is 0 Å². The van der Waals surface area contributed by atoms with Crippen molar-refractivity contribution in [2.75, 3.05) is 6.61 Å². The maximum atomic E-state index is 6.60. The van der Waals surface area contributed by atoms with Gasteiger partial charge in [-0.2, -0.15) is 0 Å². The van der Waals surface area contributed by atoms with Crippen LogP contribution in [-0.2, 0) is 17.0 Å². The van der Waals surface area contributed by atoms with E-state index in [9.17, 15) is 0 Å². The van der Waals surface area contributed by atoms with Crippen LogP contribution < -0.4 is 15.9 Å². The number of hydrogen-bond donors (Lipinski definition) is 0. The maximum absolute atomic E-state index is 6.60. The number of rotatable bonds is 9. The molecule has 0 spiro atoms. The Labute approximate surface area is 233 Å². The summed E-state index contributed by atoms with van der Waals surface area (Å²) in [6.07, 6.45) is 1.82. The zero-order valence-corrected chi connectivity index (χ0v) is 26.3. The molecule has 0 radical (unpaired) electrons. The second-order valence-electron chi connectivity index (χ2n) is 11.5. The molecule has 0 aliphatic rings. The number of benzene rings is 4. The molecule has 4 aromatic rings. The van der Waals surface area contributed by atoms with Crippen LogP contribution in [0.5, 0.6) is 0 Å². The molecule has 0 atom stereocenters. The van der Waals surface area contributed by atoms with Crippen molar-refractivity contribution in [2.24, 2.45) is 0 Å². The molecule has 0 aliphatic heterocycles. The molecule has 0 amide bonds. The van der Waals surface area contributed by atoms with Crippen LogP contribution in [-0.4, -0.2) is 14.9 Å².